The minimum absolute atomic E-state index is 0.601. The fourth-order valence-electron chi connectivity index (χ4n) is 1.89. The van der Waals surface area contributed by atoms with Gasteiger partial charge in [0.05, 0.1) is 17.4 Å². The summed E-state index contributed by atoms with van der Waals surface area (Å²) in [5.41, 5.74) is 1.08. The Morgan fingerprint density at radius 2 is 2.11 bits per heavy atom. The van der Waals surface area contributed by atoms with Crippen molar-refractivity contribution in [1.82, 2.24) is 19.7 Å². The zero-order chi connectivity index (χ0) is 13.7. The van der Waals surface area contributed by atoms with Gasteiger partial charge in [0.25, 0.3) is 0 Å². The predicted octanol–water partition coefficient (Wildman–Crippen LogP) is 3.09. The normalized spacial score (nSPS) is 10.7. The van der Waals surface area contributed by atoms with Gasteiger partial charge >= 0.3 is 0 Å². The summed E-state index contributed by atoms with van der Waals surface area (Å²) < 4.78 is 1.70. The van der Waals surface area contributed by atoms with E-state index in [1.807, 2.05) is 0 Å². The molecule has 0 spiro atoms. The van der Waals surface area contributed by atoms with Crippen molar-refractivity contribution in [2.45, 2.75) is 33.1 Å². The Balaban J connectivity index is 2.41. The second kappa shape index (κ2) is 6.52. The molecule has 1 N–H and O–H groups in total. The van der Waals surface area contributed by atoms with Crippen molar-refractivity contribution in [2.75, 3.05) is 11.9 Å². The van der Waals surface area contributed by atoms with Crippen LogP contribution in [0, 0.1) is 0 Å². The Kier molecular flexibility index (Phi) is 4.74. The summed E-state index contributed by atoms with van der Waals surface area (Å²) in [6, 6.07) is 0. The van der Waals surface area contributed by atoms with Crippen LogP contribution in [0.5, 0.6) is 0 Å². The maximum Gasteiger partial charge on any atom is 0.162 e. The summed E-state index contributed by atoms with van der Waals surface area (Å²) >= 11 is 5.92. The summed E-state index contributed by atoms with van der Waals surface area (Å²) in [4.78, 5) is 8.67. The van der Waals surface area contributed by atoms with Gasteiger partial charge in [-0.05, 0) is 12.8 Å². The van der Waals surface area contributed by atoms with Crippen LogP contribution in [0.4, 0.5) is 5.82 Å². The van der Waals surface area contributed by atoms with Crippen LogP contribution >= 0.6 is 11.6 Å². The van der Waals surface area contributed by atoms with E-state index in [0.29, 0.717) is 5.02 Å². The minimum Gasteiger partial charge on any atom is -0.370 e. The van der Waals surface area contributed by atoms with E-state index in [-0.39, 0.29) is 0 Å². The third-order valence-corrected chi connectivity index (χ3v) is 2.93. The quantitative estimate of drug-likeness (QED) is 0.883. The van der Waals surface area contributed by atoms with E-state index >= 15 is 0 Å². The van der Waals surface area contributed by atoms with Gasteiger partial charge in [0.1, 0.15) is 12.1 Å². The van der Waals surface area contributed by atoms with Crippen LogP contribution in [0.15, 0.2) is 18.7 Å². The van der Waals surface area contributed by atoms with Crippen LogP contribution in [0.2, 0.25) is 5.02 Å². The summed E-state index contributed by atoms with van der Waals surface area (Å²) in [5, 5.41) is 8.16. The summed E-state index contributed by atoms with van der Waals surface area (Å²) in [6.07, 6.45) is 7.90. The topological polar surface area (TPSA) is 55.6 Å². The first-order valence-electron chi connectivity index (χ1n) is 6.54. The SMILES string of the molecule is CCCNc1ncnc(-n2cc(Cl)cn2)c1CCC. The zero-order valence-corrected chi connectivity index (χ0v) is 12.0. The molecule has 0 saturated carbocycles. The molecule has 19 heavy (non-hydrogen) atoms. The van der Waals surface area contributed by atoms with Crippen molar-refractivity contribution < 1.29 is 0 Å². The van der Waals surface area contributed by atoms with E-state index in [2.05, 4.69) is 34.2 Å². The molecule has 6 heteroatoms. The van der Waals surface area contributed by atoms with E-state index in [4.69, 9.17) is 11.6 Å². The second-order valence-corrected chi connectivity index (χ2v) is 4.74. The van der Waals surface area contributed by atoms with Gasteiger partial charge in [-0.25, -0.2) is 14.6 Å². The monoisotopic (exact) mass is 279 g/mol. The van der Waals surface area contributed by atoms with Gasteiger partial charge in [-0.1, -0.05) is 31.9 Å². The molecule has 0 aliphatic rings. The third kappa shape index (κ3) is 3.23. The molecule has 0 fully saturated rings. The Bertz CT molecular complexity index is 538. The fourth-order valence-corrected chi connectivity index (χ4v) is 2.03. The van der Waals surface area contributed by atoms with Crippen molar-refractivity contribution in [2.24, 2.45) is 0 Å². The van der Waals surface area contributed by atoms with Gasteiger partial charge in [-0.15, -0.1) is 0 Å². The number of hydrogen-bond acceptors (Lipinski definition) is 4. The van der Waals surface area contributed by atoms with Crippen LogP contribution < -0.4 is 5.32 Å². The first-order valence-corrected chi connectivity index (χ1v) is 6.92. The van der Waals surface area contributed by atoms with Gasteiger partial charge in [0, 0.05) is 12.1 Å². The molecule has 2 heterocycles. The molecule has 2 rings (SSSR count). The number of hydrogen-bond donors (Lipinski definition) is 1. The number of nitrogens with zero attached hydrogens (tertiary/aromatic N) is 4. The highest BCUT2D eigenvalue weighted by Gasteiger charge is 2.12. The number of rotatable bonds is 6. The van der Waals surface area contributed by atoms with Crippen LogP contribution in [0.3, 0.4) is 0 Å². The first kappa shape index (κ1) is 13.8. The molecule has 0 aliphatic heterocycles. The lowest BCUT2D eigenvalue weighted by atomic mass is 10.1. The molecule has 0 unspecified atom stereocenters. The molecule has 2 aromatic rings. The number of aromatic nitrogens is 4. The molecular formula is C13H18ClN5. The molecule has 0 amide bonds. The summed E-state index contributed by atoms with van der Waals surface area (Å²) in [5.74, 6) is 1.68. The standard InChI is InChI=1S/C13H18ClN5/c1-3-5-11-12(15-6-4-2)16-9-17-13(11)19-8-10(14)7-18-19/h7-9H,3-6H2,1-2H3,(H,15,16,17). The Morgan fingerprint density at radius 3 is 2.74 bits per heavy atom. The van der Waals surface area contributed by atoms with E-state index < -0.39 is 0 Å². The van der Waals surface area contributed by atoms with Crippen LogP contribution in [0.25, 0.3) is 5.82 Å². The highest BCUT2D eigenvalue weighted by Crippen LogP contribution is 2.21. The van der Waals surface area contributed by atoms with Crippen LogP contribution in [-0.2, 0) is 6.42 Å². The molecule has 0 radical (unpaired) electrons. The van der Waals surface area contributed by atoms with Crippen molar-refractivity contribution in [1.29, 1.82) is 0 Å². The third-order valence-electron chi connectivity index (χ3n) is 2.73. The number of nitrogens with one attached hydrogen (secondary N) is 1. The lowest BCUT2D eigenvalue weighted by Crippen LogP contribution is -2.11. The zero-order valence-electron chi connectivity index (χ0n) is 11.2. The summed E-state index contributed by atoms with van der Waals surface area (Å²) in [7, 11) is 0. The van der Waals surface area contributed by atoms with Gasteiger partial charge in [0.15, 0.2) is 5.82 Å². The average molecular weight is 280 g/mol. The van der Waals surface area contributed by atoms with Crippen molar-refractivity contribution in [3.8, 4) is 5.82 Å². The average Bonchev–Trinajstić information content (AvgIpc) is 2.84. The minimum atomic E-state index is 0.601. The van der Waals surface area contributed by atoms with E-state index in [1.54, 1.807) is 23.4 Å². The van der Waals surface area contributed by atoms with Crippen molar-refractivity contribution in [3.05, 3.63) is 29.3 Å². The smallest absolute Gasteiger partial charge is 0.162 e. The van der Waals surface area contributed by atoms with Gasteiger partial charge in [0.2, 0.25) is 0 Å². The first-order chi connectivity index (χ1) is 9.26. The fraction of sp³-hybridized carbons (Fsp3) is 0.462. The number of anilines is 1. The highest BCUT2D eigenvalue weighted by atomic mass is 35.5. The molecule has 0 aromatic carbocycles. The lowest BCUT2D eigenvalue weighted by molar-refractivity contribution is 0.797. The Hall–Kier alpha value is -1.62. The van der Waals surface area contributed by atoms with Gasteiger partial charge in [-0.2, -0.15) is 5.10 Å². The molecular weight excluding hydrogens is 262 g/mol. The molecule has 0 aliphatic carbocycles. The van der Waals surface area contributed by atoms with Crippen molar-refractivity contribution >= 4 is 17.4 Å². The van der Waals surface area contributed by atoms with Gasteiger partial charge < -0.3 is 5.32 Å². The van der Waals surface area contributed by atoms with Gasteiger partial charge in [-0.3, -0.25) is 0 Å². The molecule has 2 aromatic heterocycles. The van der Waals surface area contributed by atoms with Crippen LogP contribution in [-0.4, -0.2) is 26.3 Å². The molecule has 0 saturated heterocycles. The lowest BCUT2D eigenvalue weighted by Gasteiger charge is -2.13. The van der Waals surface area contributed by atoms with E-state index in [0.717, 1.165) is 43.0 Å². The molecule has 0 atom stereocenters. The molecule has 0 bridgehead atoms. The van der Waals surface area contributed by atoms with Crippen molar-refractivity contribution in [3.63, 3.8) is 0 Å². The van der Waals surface area contributed by atoms with E-state index in [1.165, 1.54) is 0 Å². The number of halogens is 1. The molecule has 5 nitrogen and oxygen atoms in total. The largest absolute Gasteiger partial charge is 0.370 e. The highest BCUT2D eigenvalue weighted by molar-refractivity contribution is 6.30. The second-order valence-electron chi connectivity index (χ2n) is 4.30. The maximum atomic E-state index is 5.92. The Labute approximate surface area is 118 Å². The summed E-state index contributed by atoms with van der Waals surface area (Å²) in [6.45, 7) is 5.16. The predicted molar refractivity (Wildman–Crippen MR) is 76.9 cm³/mol. The molecule has 102 valence electrons. The maximum absolute atomic E-state index is 5.92. The Morgan fingerprint density at radius 1 is 1.26 bits per heavy atom. The van der Waals surface area contributed by atoms with Crippen LogP contribution in [0.1, 0.15) is 32.3 Å². The van der Waals surface area contributed by atoms with E-state index in [9.17, 15) is 0 Å².